The first-order valence-corrected chi connectivity index (χ1v) is 7.82. The van der Waals surface area contributed by atoms with E-state index in [0.717, 1.165) is 17.5 Å². The number of fused-ring (bicyclic) bond motifs is 2. The monoisotopic (exact) mass is 274 g/mol. The molecule has 0 amide bonds. The third-order valence-electron chi connectivity index (χ3n) is 5.62. The lowest BCUT2D eigenvalue weighted by Crippen LogP contribution is -2.46. The number of pyridine rings is 1. The molecule has 0 aromatic carbocycles. The van der Waals surface area contributed by atoms with Crippen LogP contribution in [0.4, 0.5) is 5.82 Å². The van der Waals surface area contributed by atoms with E-state index in [1.54, 1.807) is 0 Å². The van der Waals surface area contributed by atoms with E-state index in [0.29, 0.717) is 23.5 Å². The van der Waals surface area contributed by atoms with Crippen LogP contribution >= 0.6 is 0 Å². The summed E-state index contributed by atoms with van der Waals surface area (Å²) in [5, 5.41) is 3.72. The van der Waals surface area contributed by atoms with Gasteiger partial charge in [-0.25, -0.2) is 4.98 Å². The molecule has 3 atom stereocenters. The van der Waals surface area contributed by atoms with Gasteiger partial charge < -0.3 is 10.1 Å². The van der Waals surface area contributed by atoms with Gasteiger partial charge in [-0.1, -0.05) is 20.8 Å². The molecule has 1 aromatic heterocycles. The lowest BCUT2D eigenvalue weighted by molar-refractivity contribution is 0.155. The zero-order chi connectivity index (χ0) is 14.4. The maximum atomic E-state index is 5.70. The molecule has 1 heterocycles. The highest BCUT2D eigenvalue weighted by molar-refractivity contribution is 5.51. The second kappa shape index (κ2) is 4.64. The first-order valence-electron chi connectivity index (χ1n) is 7.82. The van der Waals surface area contributed by atoms with Crippen molar-refractivity contribution in [2.75, 3.05) is 11.9 Å². The Morgan fingerprint density at radius 2 is 2.20 bits per heavy atom. The molecule has 2 aliphatic carbocycles. The minimum atomic E-state index is 0.327. The molecule has 0 radical (unpaired) electrons. The number of hydrogen-bond acceptors (Lipinski definition) is 3. The molecule has 1 aromatic rings. The molecule has 2 bridgehead atoms. The quantitative estimate of drug-likeness (QED) is 0.897. The van der Waals surface area contributed by atoms with Crippen molar-refractivity contribution < 1.29 is 4.74 Å². The van der Waals surface area contributed by atoms with E-state index < -0.39 is 0 Å². The van der Waals surface area contributed by atoms with Gasteiger partial charge in [-0.05, 0) is 55.1 Å². The molecule has 20 heavy (non-hydrogen) atoms. The first kappa shape index (κ1) is 13.7. The van der Waals surface area contributed by atoms with Crippen molar-refractivity contribution in [3.8, 4) is 5.75 Å². The standard InChI is InChI=1S/C17H26N2O/c1-5-20-13-7-6-10-18-14(13)19-15-16(2,3)12-8-9-17(15,4)11-12/h6-7,10,12,15H,5,8-9,11H2,1-4H3,(H,18,19). The third-order valence-corrected chi connectivity index (χ3v) is 5.62. The predicted octanol–water partition coefficient (Wildman–Crippen LogP) is 4.11. The van der Waals surface area contributed by atoms with Gasteiger partial charge in [0.2, 0.25) is 0 Å². The van der Waals surface area contributed by atoms with E-state index in [1.807, 2.05) is 25.3 Å². The van der Waals surface area contributed by atoms with Crippen molar-refractivity contribution in [3.05, 3.63) is 18.3 Å². The number of rotatable bonds is 4. The number of anilines is 1. The average Bonchev–Trinajstić information content (AvgIpc) is 2.88. The minimum absolute atomic E-state index is 0.327. The molecule has 2 saturated carbocycles. The van der Waals surface area contributed by atoms with Crippen molar-refractivity contribution in [3.63, 3.8) is 0 Å². The Hall–Kier alpha value is -1.25. The van der Waals surface area contributed by atoms with Gasteiger partial charge in [0.15, 0.2) is 11.6 Å². The fraction of sp³-hybridized carbons (Fsp3) is 0.706. The summed E-state index contributed by atoms with van der Waals surface area (Å²) in [6, 6.07) is 4.41. The molecule has 110 valence electrons. The number of hydrogen-bond donors (Lipinski definition) is 1. The topological polar surface area (TPSA) is 34.1 Å². The summed E-state index contributed by atoms with van der Waals surface area (Å²) in [5.74, 6) is 2.61. The molecule has 3 rings (SSSR count). The van der Waals surface area contributed by atoms with Crippen molar-refractivity contribution in [2.45, 2.75) is 53.0 Å². The van der Waals surface area contributed by atoms with Crippen molar-refractivity contribution in [1.29, 1.82) is 0 Å². The summed E-state index contributed by atoms with van der Waals surface area (Å²) >= 11 is 0. The lowest BCUT2D eigenvalue weighted by Gasteiger charge is -2.43. The van der Waals surface area contributed by atoms with E-state index in [-0.39, 0.29) is 0 Å². The Morgan fingerprint density at radius 1 is 1.40 bits per heavy atom. The Morgan fingerprint density at radius 3 is 2.85 bits per heavy atom. The van der Waals surface area contributed by atoms with Gasteiger partial charge >= 0.3 is 0 Å². The Labute approximate surface area is 122 Å². The summed E-state index contributed by atoms with van der Waals surface area (Å²) in [7, 11) is 0. The maximum Gasteiger partial charge on any atom is 0.169 e. The molecule has 0 saturated heterocycles. The van der Waals surface area contributed by atoms with E-state index in [2.05, 4.69) is 31.1 Å². The highest BCUT2D eigenvalue weighted by Gasteiger charge is 2.59. The lowest BCUT2D eigenvalue weighted by atomic mass is 9.68. The SMILES string of the molecule is CCOc1cccnc1NC1C2(C)CCC(C2)C1(C)C. The smallest absolute Gasteiger partial charge is 0.169 e. The zero-order valence-electron chi connectivity index (χ0n) is 13.1. The number of aromatic nitrogens is 1. The van der Waals surface area contributed by atoms with Crippen LogP contribution in [0.5, 0.6) is 5.75 Å². The van der Waals surface area contributed by atoms with Crippen molar-refractivity contribution in [1.82, 2.24) is 4.98 Å². The fourth-order valence-corrected chi connectivity index (χ4v) is 4.57. The highest BCUT2D eigenvalue weighted by Crippen LogP contribution is 2.63. The van der Waals surface area contributed by atoms with Crippen molar-refractivity contribution in [2.24, 2.45) is 16.7 Å². The summed E-state index contributed by atoms with van der Waals surface area (Å²) in [4.78, 5) is 4.50. The van der Waals surface area contributed by atoms with Gasteiger partial charge in [-0.3, -0.25) is 0 Å². The summed E-state index contributed by atoms with van der Waals surface area (Å²) in [6.45, 7) is 9.93. The van der Waals surface area contributed by atoms with E-state index >= 15 is 0 Å². The zero-order valence-corrected chi connectivity index (χ0v) is 13.1. The highest BCUT2D eigenvalue weighted by atomic mass is 16.5. The molecule has 2 fully saturated rings. The van der Waals surface area contributed by atoms with Gasteiger partial charge in [0.1, 0.15) is 0 Å². The summed E-state index contributed by atoms with van der Waals surface area (Å²) in [5.41, 5.74) is 0.725. The molecule has 3 heteroatoms. The summed E-state index contributed by atoms with van der Waals surface area (Å²) < 4.78 is 5.70. The molecule has 3 nitrogen and oxygen atoms in total. The second-order valence-corrected chi connectivity index (χ2v) is 7.28. The Balaban J connectivity index is 1.88. The fourth-order valence-electron chi connectivity index (χ4n) is 4.57. The summed E-state index contributed by atoms with van der Waals surface area (Å²) in [6.07, 6.45) is 5.89. The molecular weight excluding hydrogens is 248 g/mol. The van der Waals surface area contributed by atoms with E-state index in [9.17, 15) is 0 Å². The van der Waals surface area contributed by atoms with Crippen LogP contribution in [0.2, 0.25) is 0 Å². The van der Waals surface area contributed by atoms with Crippen LogP contribution in [0, 0.1) is 16.7 Å². The predicted molar refractivity (Wildman–Crippen MR) is 82.0 cm³/mol. The molecule has 0 aliphatic heterocycles. The van der Waals surface area contributed by atoms with Crippen LogP contribution < -0.4 is 10.1 Å². The van der Waals surface area contributed by atoms with Crippen LogP contribution in [-0.2, 0) is 0 Å². The normalized spacial score (nSPS) is 34.2. The number of nitrogens with zero attached hydrogens (tertiary/aromatic N) is 1. The van der Waals surface area contributed by atoms with Crippen LogP contribution in [-0.4, -0.2) is 17.6 Å². The molecule has 3 unspecified atom stereocenters. The molecular formula is C17H26N2O. The third kappa shape index (κ3) is 1.99. The van der Waals surface area contributed by atoms with Crippen LogP contribution in [0.3, 0.4) is 0 Å². The van der Waals surface area contributed by atoms with E-state index in [1.165, 1.54) is 19.3 Å². The largest absolute Gasteiger partial charge is 0.490 e. The maximum absolute atomic E-state index is 5.70. The van der Waals surface area contributed by atoms with E-state index in [4.69, 9.17) is 4.74 Å². The number of nitrogens with one attached hydrogen (secondary N) is 1. The van der Waals surface area contributed by atoms with Crippen LogP contribution in [0.15, 0.2) is 18.3 Å². The minimum Gasteiger partial charge on any atom is -0.490 e. The average molecular weight is 274 g/mol. The molecule has 0 spiro atoms. The molecule has 1 N–H and O–H groups in total. The van der Waals surface area contributed by atoms with Gasteiger partial charge in [0.05, 0.1) is 6.61 Å². The first-order chi connectivity index (χ1) is 9.47. The Kier molecular flexibility index (Phi) is 3.19. The number of ether oxygens (including phenoxy) is 1. The van der Waals surface area contributed by atoms with Crippen molar-refractivity contribution >= 4 is 5.82 Å². The second-order valence-electron chi connectivity index (χ2n) is 7.28. The van der Waals surface area contributed by atoms with Gasteiger partial charge in [0.25, 0.3) is 0 Å². The van der Waals surface area contributed by atoms with Gasteiger partial charge in [-0.2, -0.15) is 0 Å². The van der Waals surface area contributed by atoms with Crippen LogP contribution in [0.25, 0.3) is 0 Å². The Bertz CT molecular complexity index is 495. The molecule has 2 aliphatic rings. The van der Waals surface area contributed by atoms with Gasteiger partial charge in [0, 0.05) is 12.2 Å². The van der Waals surface area contributed by atoms with Crippen LogP contribution in [0.1, 0.15) is 47.0 Å². The van der Waals surface area contributed by atoms with Gasteiger partial charge in [-0.15, -0.1) is 0 Å².